The van der Waals surface area contributed by atoms with Crippen LogP contribution in [-0.4, -0.2) is 29.1 Å². The molecule has 2 heterocycles. The molecule has 0 bridgehead atoms. The van der Waals surface area contributed by atoms with Crippen LogP contribution in [0.15, 0.2) is 30.5 Å². The first kappa shape index (κ1) is 14.4. The summed E-state index contributed by atoms with van der Waals surface area (Å²) in [4.78, 5) is 18.5. The third kappa shape index (κ3) is 2.54. The molecule has 1 saturated carbocycles. The van der Waals surface area contributed by atoms with Crippen molar-refractivity contribution in [2.45, 2.75) is 44.9 Å². The van der Waals surface area contributed by atoms with Crippen LogP contribution in [0.4, 0.5) is 15.9 Å². The van der Waals surface area contributed by atoms with E-state index in [1.165, 1.54) is 12.1 Å². The number of nitrogens with zero attached hydrogens (tertiary/aromatic N) is 2. The molecular weight excluding hydrogens is 293 g/mol. The summed E-state index contributed by atoms with van der Waals surface area (Å²) in [5, 5.41) is 4.76. The van der Waals surface area contributed by atoms with Crippen molar-refractivity contribution in [3.63, 3.8) is 0 Å². The zero-order valence-corrected chi connectivity index (χ0v) is 13.3. The van der Waals surface area contributed by atoms with Gasteiger partial charge in [-0.2, -0.15) is 0 Å². The second-order valence-corrected chi connectivity index (χ2v) is 6.79. The first-order chi connectivity index (χ1) is 11.0. The van der Waals surface area contributed by atoms with E-state index >= 15 is 0 Å². The van der Waals surface area contributed by atoms with Crippen LogP contribution in [0.1, 0.15) is 26.7 Å². The molecule has 1 aliphatic carbocycles. The average molecular weight is 313 g/mol. The van der Waals surface area contributed by atoms with Gasteiger partial charge >= 0.3 is 0 Å². The van der Waals surface area contributed by atoms with Crippen molar-refractivity contribution in [2.24, 2.45) is 5.92 Å². The van der Waals surface area contributed by atoms with E-state index in [9.17, 15) is 9.18 Å². The monoisotopic (exact) mass is 313 g/mol. The minimum atomic E-state index is -0.987. The topological polar surface area (TPSA) is 45.2 Å². The zero-order chi connectivity index (χ0) is 16.1. The largest absolute Gasteiger partial charge is 0.366 e. The lowest BCUT2D eigenvalue weighted by molar-refractivity contribution is -0.117. The fourth-order valence-electron chi connectivity index (χ4n) is 3.54. The van der Waals surface area contributed by atoms with Gasteiger partial charge in [0.15, 0.2) is 0 Å². The van der Waals surface area contributed by atoms with Crippen LogP contribution in [0.3, 0.4) is 0 Å². The predicted octanol–water partition coefficient (Wildman–Crippen LogP) is 3.52. The lowest BCUT2D eigenvalue weighted by atomic mass is 9.94. The first-order valence-corrected chi connectivity index (χ1v) is 8.16. The van der Waals surface area contributed by atoms with E-state index < -0.39 is 12.1 Å². The zero-order valence-electron chi connectivity index (χ0n) is 13.3. The Balaban J connectivity index is 1.56. The van der Waals surface area contributed by atoms with E-state index in [0.717, 1.165) is 10.8 Å². The van der Waals surface area contributed by atoms with Gasteiger partial charge in [0, 0.05) is 29.4 Å². The minimum Gasteiger partial charge on any atom is -0.366 e. The Labute approximate surface area is 134 Å². The minimum absolute atomic E-state index is 0.274. The second kappa shape index (κ2) is 5.18. The Morgan fingerprint density at radius 1 is 1.22 bits per heavy atom. The number of hydrogen-bond donors (Lipinski definition) is 1. The highest BCUT2D eigenvalue weighted by atomic mass is 19.1. The van der Waals surface area contributed by atoms with Gasteiger partial charge in [0.1, 0.15) is 12.0 Å². The number of aromatic nitrogens is 1. The van der Waals surface area contributed by atoms with Crippen LogP contribution in [0.2, 0.25) is 0 Å². The van der Waals surface area contributed by atoms with Crippen molar-refractivity contribution in [1.29, 1.82) is 0 Å². The standard InChI is InChI=1S/C18H20FN3O/c1-10-5-11(2)22(10)14-4-3-12-7-17(20-9-13(12)6-14)21-18(23)15-8-16(15)19/h3-4,6-7,9-11,15-16H,5,8H2,1-2H3,(H,20,21,23). The molecule has 1 aromatic heterocycles. The number of rotatable bonds is 3. The van der Waals surface area contributed by atoms with Gasteiger partial charge in [-0.3, -0.25) is 4.79 Å². The molecule has 2 aromatic rings. The molecule has 5 heteroatoms. The SMILES string of the molecule is CC1CC(C)N1c1ccc2cc(NC(=O)C3CC3F)ncc2c1. The molecule has 1 amide bonds. The summed E-state index contributed by atoms with van der Waals surface area (Å²) >= 11 is 0. The molecule has 0 radical (unpaired) electrons. The smallest absolute Gasteiger partial charge is 0.231 e. The third-order valence-corrected chi connectivity index (χ3v) is 4.94. The highest BCUT2D eigenvalue weighted by Crippen LogP contribution is 2.35. The molecule has 1 saturated heterocycles. The van der Waals surface area contributed by atoms with Crippen LogP contribution in [0.5, 0.6) is 0 Å². The number of pyridine rings is 1. The maximum Gasteiger partial charge on any atom is 0.231 e. The fraction of sp³-hybridized carbons (Fsp3) is 0.444. The van der Waals surface area contributed by atoms with Crippen LogP contribution in [-0.2, 0) is 4.79 Å². The molecular formula is C18H20FN3O. The molecule has 4 unspecified atom stereocenters. The summed E-state index contributed by atoms with van der Waals surface area (Å²) in [5.74, 6) is -0.284. The van der Waals surface area contributed by atoms with Crippen LogP contribution < -0.4 is 10.2 Å². The molecule has 1 aromatic carbocycles. The van der Waals surface area contributed by atoms with Crippen molar-refractivity contribution >= 4 is 28.2 Å². The van der Waals surface area contributed by atoms with Gasteiger partial charge < -0.3 is 10.2 Å². The lowest BCUT2D eigenvalue weighted by Gasteiger charge is -2.47. The number of fused-ring (bicyclic) bond motifs is 1. The van der Waals surface area contributed by atoms with Crippen molar-refractivity contribution in [3.05, 3.63) is 30.5 Å². The lowest BCUT2D eigenvalue weighted by Crippen LogP contribution is -2.53. The number of carbonyl (C=O) groups excluding carboxylic acids is 1. The van der Waals surface area contributed by atoms with Gasteiger partial charge in [-0.25, -0.2) is 9.37 Å². The van der Waals surface area contributed by atoms with Crippen molar-refractivity contribution in [2.75, 3.05) is 10.2 Å². The summed E-state index contributed by atoms with van der Waals surface area (Å²) in [6, 6.07) is 9.28. The highest BCUT2D eigenvalue weighted by Gasteiger charge is 2.43. The normalized spacial score (nSPS) is 29.3. The van der Waals surface area contributed by atoms with Gasteiger partial charge in [0.25, 0.3) is 0 Å². The van der Waals surface area contributed by atoms with Crippen LogP contribution in [0, 0.1) is 5.92 Å². The maximum absolute atomic E-state index is 12.9. The molecule has 4 nitrogen and oxygen atoms in total. The number of benzene rings is 1. The van der Waals surface area contributed by atoms with E-state index in [-0.39, 0.29) is 5.91 Å². The number of amides is 1. The maximum atomic E-state index is 12.9. The molecule has 4 atom stereocenters. The van der Waals surface area contributed by atoms with Gasteiger partial charge in [0.05, 0.1) is 5.92 Å². The molecule has 2 fully saturated rings. The average Bonchev–Trinajstić information content (AvgIpc) is 3.24. The van der Waals surface area contributed by atoms with Gasteiger partial charge in [-0.15, -0.1) is 0 Å². The van der Waals surface area contributed by atoms with Crippen molar-refractivity contribution in [3.8, 4) is 0 Å². The molecule has 0 spiro atoms. The van der Waals surface area contributed by atoms with Crippen LogP contribution in [0.25, 0.3) is 10.8 Å². The number of carbonyl (C=O) groups is 1. The Morgan fingerprint density at radius 2 is 1.96 bits per heavy atom. The molecule has 4 rings (SSSR count). The summed E-state index contributed by atoms with van der Waals surface area (Å²) in [7, 11) is 0. The Hall–Kier alpha value is -2.17. The molecule has 2 aliphatic rings. The Bertz CT molecular complexity index is 770. The van der Waals surface area contributed by atoms with Crippen molar-refractivity contribution in [1.82, 2.24) is 4.98 Å². The van der Waals surface area contributed by atoms with E-state index in [1.54, 1.807) is 6.20 Å². The van der Waals surface area contributed by atoms with E-state index in [1.807, 2.05) is 6.07 Å². The third-order valence-electron chi connectivity index (χ3n) is 4.94. The Kier molecular flexibility index (Phi) is 3.25. The van der Waals surface area contributed by atoms with E-state index in [2.05, 4.69) is 47.2 Å². The Morgan fingerprint density at radius 3 is 2.61 bits per heavy atom. The highest BCUT2D eigenvalue weighted by molar-refractivity contribution is 5.96. The number of alkyl halides is 1. The number of anilines is 2. The predicted molar refractivity (Wildman–Crippen MR) is 89.4 cm³/mol. The van der Waals surface area contributed by atoms with Gasteiger partial charge in [-0.1, -0.05) is 6.07 Å². The fourth-order valence-corrected chi connectivity index (χ4v) is 3.54. The van der Waals surface area contributed by atoms with E-state index in [0.29, 0.717) is 24.3 Å². The molecule has 120 valence electrons. The summed E-state index contributed by atoms with van der Waals surface area (Å²) in [6.45, 7) is 4.47. The van der Waals surface area contributed by atoms with E-state index in [4.69, 9.17) is 0 Å². The van der Waals surface area contributed by atoms with Gasteiger partial charge in [-0.05, 0) is 50.3 Å². The number of hydrogen-bond acceptors (Lipinski definition) is 3. The summed E-state index contributed by atoms with van der Waals surface area (Å²) in [6.07, 6.45) is 2.33. The summed E-state index contributed by atoms with van der Waals surface area (Å²) < 4.78 is 12.9. The second-order valence-electron chi connectivity index (χ2n) is 6.79. The van der Waals surface area contributed by atoms with Crippen molar-refractivity contribution < 1.29 is 9.18 Å². The first-order valence-electron chi connectivity index (χ1n) is 8.16. The summed E-state index contributed by atoms with van der Waals surface area (Å²) in [5.41, 5.74) is 1.21. The molecule has 23 heavy (non-hydrogen) atoms. The number of nitrogens with one attached hydrogen (secondary N) is 1. The molecule has 1 N–H and O–H groups in total. The van der Waals surface area contributed by atoms with Crippen LogP contribution >= 0.6 is 0 Å². The molecule has 1 aliphatic heterocycles. The number of halogens is 1. The van der Waals surface area contributed by atoms with Gasteiger partial charge in [0.2, 0.25) is 5.91 Å². The quantitative estimate of drug-likeness (QED) is 0.943.